The Kier molecular flexibility index (Phi) is 6.45. The van der Waals surface area contributed by atoms with Crippen molar-refractivity contribution >= 4 is 42.4 Å². The molecule has 1 fully saturated rings. The molecule has 0 unspecified atom stereocenters. The molecule has 0 aliphatic carbocycles. The highest BCUT2D eigenvalue weighted by atomic mass is 32.2. The second-order valence-corrected chi connectivity index (χ2v) is 10.9. The fourth-order valence-electron chi connectivity index (χ4n) is 3.89. The minimum Gasteiger partial charge on any atom is -0.396 e. The summed E-state index contributed by atoms with van der Waals surface area (Å²) in [5.41, 5.74) is 0.890. The van der Waals surface area contributed by atoms with Crippen LogP contribution >= 0.6 is 11.3 Å². The standard InChI is InChI=1S/C22H24FN3O4S2/c1-15-14-25(22-24-18-8-7-16(23)13-19(18)31-22)9-10-26(15)21(28)17-5-2-3-6-20(17)32(29,30)12-4-11-27/h2-3,5-8,13,15,27H,4,9-12,14H2,1H3/t15-/m0/s1. The van der Waals surface area contributed by atoms with Crippen molar-refractivity contribution in [1.29, 1.82) is 0 Å². The summed E-state index contributed by atoms with van der Waals surface area (Å²) in [5.74, 6) is -0.842. The number of fused-ring (bicyclic) bond motifs is 1. The Labute approximate surface area is 190 Å². The smallest absolute Gasteiger partial charge is 0.255 e. The van der Waals surface area contributed by atoms with Gasteiger partial charge in [-0.05, 0) is 43.7 Å². The van der Waals surface area contributed by atoms with E-state index in [1.807, 2.05) is 6.92 Å². The minimum absolute atomic E-state index is 0.00118. The van der Waals surface area contributed by atoms with Crippen molar-refractivity contribution in [3.63, 3.8) is 0 Å². The summed E-state index contributed by atoms with van der Waals surface area (Å²) in [6.07, 6.45) is 0.117. The Bertz CT molecular complexity index is 1240. The first kappa shape index (κ1) is 22.6. The normalized spacial score (nSPS) is 17.2. The number of carbonyl (C=O) groups excluding carboxylic acids is 1. The number of thiazole rings is 1. The first-order valence-corrected chi connectivity index (χ1v) is 12.8. The molecule has 170 valence electrons. The third-order valence-corrected chi connectivity index (χ3v) is 8.45. The molecule has 0 saturated carbocycles. The van der Waals surface area contributed by atoms with E-state index in [0.29, 0.717) is 19.6 Å². The largest absolute Gasteiger partial charge is 0.396 e. The summed E-state index contributed by atoms with van der Waals surface area (Å²) >= 11 is 1.41. The van der Waals surface area contributed by atoms with Gasteiger partial charge in [-0.25, -0.2) is 17.8 Å². The van der Waals surface area contributed by atoms with Gasteiger partial charge in [-0.15, -0.1) is 0 Å². The molecule has 0 bridgehead atoms. The van der Waals surface area contributed by atoms with E-state index >= 15 is 0 Å². The van der Waals surface area contributed by atoms with E-state index in [1.165, 1.54) is 35.6 Å². The zero-order valence-electron chi connectivity index (χ0n) is 17.6. The van der Waals surface area contributed by atoms with Gasteiger partial charge >= 0.3 is 0 Å². The molecule has 2 heterocycles. The van der Waals surface area contributed by atoms with Crippen LogP contribution in [0.5, 0.6) is 0 Å². The molecule has 4 rings (SSSR count). The summed E-state index contributed by atoms with van der Waals surface area (Å²) in [4.78, 5) is 21.7. The van der Waals surface area contributed by atoms with E-state index < -0.39 is 9.84 Å². The number of aromatic nitrogens is 1. The van der Waals surface area contributed by atoms with Crippen LogP contribution in [0.1, 0.15) is 23.7 Å². The number of amides is 1. The van der Waals surface area contributed by atoms with Crippen LogP contribution < -0.4 is 4.90 Å². The SMILES string of the molecule is C[C@H]1CN(c2nc3ccc(F)cc3s2)CCN1C(=O)c1ccccc1S(=O)(=O)CCCO. The topological polar surface area (TPSA) is 90.8 Å². The number of carbonyl (C=O) groups is 1. The first-order chi connectivity index (χ1) is 15.3. The van der Waals surface area contributed by atoms with Crippen LogP contribution in [0.25, 0.3) is 10.2 Å². The maximum absolute atomic E-state index is 13.5. The second-order valence-electron chi connectivity index (χ2n) is 7.79. The van der Waals surface area contributed by atoms with E-state index in [1.54, 1.807) is 23.1 Å². The Morgan fingerprint density at radius 3 is 2.78 bits per heavy atom. The zero-order valence-corrected chi connectivity index (χ0v) is 19.2. The van der Waals surface area contributed by atoms with Gasteiger partial charge < -0.3 is 14.9 Å². The van der Waals surface area contributed by atoms with Gasteiger partial charge in [0.05, 0.1) is 26.4 Å². The van der Waals surface area contributed by atoms with Gasteiger partial charge in [0.2, 0.25) is 0 Å². The predicted molar refractivity (Wildman–Crippen MR) is 122 cm³/mol. The van der Waals surface area contributed by atoms with Crippen LogP contribution in [0.2, 0.25) is 0 Å². The summed E-state index contributed by atoms with van der Waals surface area (Å²) in [7, 11) is -3.68. The van der Waals surface area contributed by atoms with Gasteiger partial charge in [-0.3, -0.25) is 4.79 Å². The van der Waals surface area contributed by atoms with Crippen LogP contribution in [0.3, 0.4) is 0 Å². The highest BCUT2D eigenvalue weighted by molar-refractivity contribution is 7.91. The third-order valence-electron chi connectivity index (χ3n) is 5.52. The molecule has 0 radical (unpaired) electrons. The van der Waals surface area contributed by atoms with Crippen LogP contribution in [-0.2, 0) is 9.84 Å². The lowest BCUT2D eigenvalue weighted by Crippen LogP contribution is -2.54. The number of aliphatic hydroxyl groups is 1. The molecule has 1 atom stereocenters. The molecule has 10 heteroatoms. The molecular formula is C22H24FN3O4S2. The van der Waals surface area contributed by atoms with Crippen molar-refractivity contribution in [1.82, 2.24) is 9.88 Å². The number of benzene rings is 2. The number of aliphatic hydroxyl groups excluding tert-OH is 1. The lowest BCUT2D eigenvalue weighted by Gasteiger charge is -2.40. The van der Waals surface area contributed by atoms with Gasteiger partial charge in [-0.1, -0.05) is 23.5 Å². The Balaban J connectivity index is 1.53. The average Bonchev–Trinajstić information content (AvgIpc) is 3.20. The van der Waals surface area contributed by atoms with Crippen LogP contribution in [0, 0.1) is 5.82 Å². The number of sulfone groups is 1. The van der Waals surface area contributed by atoms with Crippen molar-refractivity contribution in [3.8, 4) is 0 Å². The number of halogens is 1. The van der Waals surface area contributed by atoms with Gasteiger partial charge in [0, 0.05) is 32.3 Å². The van der Waals surface area contributed by atoms with Gasteiger partial charge in [0.1, 0.15) is 5.82 Å². The van der Waals surface area contributed by atoms with Crippen LogP contribution in [0.4, 0.5) is 9.52 Å². The zero-order chi connectivity index (χ0) is 22.9. The second kappa shape index (κ2) is 9.13. The molecule has 7 nitrogen and oxygen atoms in total. The Hall–Kier alpha value is -2.56. The fraction of sp³-hybridized carbons (Fsp3) is 0.364. The van der Waals surface area contributed by atoms with E-state index in [4.69, 9.17) is 5.11 Å². The first-order valence-electron chi connectivity index (χ1n) is 10.3. The molecule has 32 heavy (non-hydrogen) atoms. The summed E-state index contributed by atoms with van der Waals surface area (Å²) in [6.45, 7) is 3.17. The number of hydrogen-bond acceptors (Lipinski definition) is 7. The predicted octanol–water partition coefficient (Wildman–Crippen LogP) is 2.94. The van der Waals surface area contributed by atoms with Crippen LogP contribution in [0.15, 0.2) is 47.4 Å². The van der Waals surface area contributed by atoms with Gasteiger partial charge in [-0.2, -0.15) is 0 Å². The van der Waals surface area contributed by atoms with E-state index in [-0.39, 0.29) is 47.0 Å². The molecule has 3 aromatic rings. The Morgan fingerprint density at radius 1 is 1.25 bits per heavy atom. The van der Waals surface area contributed by atoms with Crippen molar-refractivity contribution in [2.45, 2.75) is 24.3 Å². The number of hydrogen-bond donors (Lipinski definition) is 1. The molecule has 0 spiro atoms. The van der Waals surface area contributed by atoms with E-state index in [2.05, 4.69) is 9.88 Å². The summed E-state index contributed by atoms with van der Waals surface area (Å²) < 4.78 is 39.7. The third kappa shape index (κ3) is 4.48. The number of piperazine rings is 1. The number of anilines is 1. The highest BCUT2D eigenvalue weighted by Crippen LogP contribution is 2.31. The fourth-order valence-corrected chi connectivity index (χ4v) is 6.42. The molecule has 2 aromatic carbocycles. The Morgan fingerprint density at radius 2 is 2.03 bits per heavy atom. The number of nitrogens with zero attached hydrogens (tertiary/aromatic N) is 3. The van der Waals surface area contributed by atoms with Crippen molar-refractivity contribution < 1.29 is 22.7 Å². The lowest BCUT2D eigenvalue weighted by molar-refractivity contribution is 0.0670. The molecule has 1 amide bonds. The molecule has 1 aromatic heterocycles. The van der Waals surface area contributed by atoms with Crippen molar-refractivity contribution in [2.24, 2.45) is 0 Å². The van der Waals surface area contributed by atoms with Crippen molar-refractivity contribution in [2.75, 3.05) is 36.9 Å². The molecular weight excluding hydrogens is 453 g/mol. The summed E-state index contributed by atoms with van der Waals surface area (Å²) in [6, 6.07) is 10.6. The molecule has 1 aliphatic heterocycles. The van der Waals surface area contributed by atoms with Gasteiger partial charge in [0.15, 0.2) is 15.0 Å². The maximum atomic E-state index is 13.5. The highest BCUT2D eigenvalue weighted by Gasteiger charge is 2.32. The number of rotatable bonds is 6. The quantitative estimate of drug-likeness (QED) is 0.587. The van der Waals surface area contributed by atoms with Crippen molar-refractivity contribution in [3.05, 3.63) is 53.8 Å². The lowest BCUT2D eigenvalue weighted by atomic mass is 10.1. The summed E-state index contributed by atoms with van der Waals surface area (Å²) in [5, 5.41) is 9.78. The van der Waals surface area contributed by atoms with E-state index in [0.717, 1.165) is 15.3 Å². The monoisotopic (exact) mass is 477 g/mol. The van der Waals surface area contributed by atoms with Crippen LogP contribution in [-0.4, -0.2) is 67.4 Å². The van der Waals surface area contributed by atoms with E-state index in [9.17, 15) is 17.6 Å². The van der Waals surface area contributed by atoms with Gasteiger partial charge in [0.25, 0.3) is 5.91 Å². The molecule has 1 N–H and O–H groups in total. The molecule has 1 aliphatic rings. The minimum atomic E-state index is -3.68. The maximum Gasteiger partial charge on any atom is 0.255 e. The average molecular weight is 478 g/mol. The molecule has 1 saturated heterocycles.